The van der Waals surface area contributed by atoms with E-state index >= 15 is 0 Å². The van der Waals surface area contributed by atoms with E-state index in [1.165, 1.54) is 6.07 Å². The van der Waals surface area contributed by atoms with E-state index in [-0.39, 0.29) is 24.4 Å². The number of halogens is 2. The van der Waals surface area contributed by atoms with Crippen LogP contribution in [0.1, 0.15) is 34.0 Å². The number of anilines is 1. The van der Waals surface area contributed by atoms with Crippen LogP contribution in [0.3, 0.4) is 0 Å². The van der Waals surface area contributed by atoms with Crippen LogP contribution in [0, 0.1) is 11.6 Å². The van der Waals surface area contributed by atoms with Crippen LogP contribution in [0.2, 0.25) is 0 Å². The highest BCUT2D eigenvalue weighted by Crippen LogP contribution is 2.26. The molecular formula is C20H17F2N5O2. The lowest BCUT2D eigenvalue weighted by Crippen LogP contribution is -2.43. The first-order valence-electron chi connectivity index (χ1n) is 9.05. The number of amides is 2. The third-order valence-electron chi connectivity index (χ3n) is 4.67. The second kappa shape index (κ2) is 7.78. The van der Waals surface area contributed by atoms with Gasteiger partial charge in [-0.25, -0.2) is 8.78 Å². The Bertz CT molecular complexity index is 1070. The largest absolute Gasteiger partial charge is 0.337 e. The fraction of sp³-hybridized carbons (Fsp3) is 0.200. The van der Waals surface area contributed by atoms with Crippen LogP contribution in [0.15, 0.2) is 42.5 Å². The monoisotopic (exact) mass is 397 g/mol. The van der Waals surface area contributed by atoms with Gasteiger partial charge in [0.25, 0.3) is 5.91 Å². The van der Waals surface area contributed by atoms with Gasteiger partial charge in [-0.3, -0.25) is 9.59 Å². The third-order valence-corrected chi connectivity index (χ3v) is 4.67. The van der Waals surface area contributed by atoms with Gasteiger partial charge in [0.1, 0.15) is 23.5 Å². The second-order valence-electron chi connectivity index (χ2n) is 6.76. The molecule has 1 aromatic heterocycles. The summed E-state index contributed by atoms with van der Waals surface area (Å²) in [5.74, 6) is -2.26. The first kappa shape index (κ1) is 18.7. The van der Waals surface area contributed by atoms with Crippen LogP contribution in [0.4, 0.5) is 14.5 Å². The summed E-state index contributed by atoms with van der Waals surface area (Å²) in [4.78, 5) is 27.7. The highest BCUT2D eigenvalue weighted by molar-refractivity contribution is 6.00. The first-order valence-corrected chi connectivity index (χ1v) is 9.05. The fourth-order valence-electron chi connectivity index (χ4n) is 3.24. The molecule has 29 heavy (non-hydrogen) atoms. The van der Waals surface area contributed by atoms with E-state index in [4.69, 9.17) is 0 Å². The molecule has 0 spiro atoms. The minimum absolute atomic E-state index is 0.0253. The predicted octanol–water partition coefficient (Wildman–Crippen LogP) is 2.36. The molecular weight excluding hydrogens is 380 g/mol. The average molecular weight is 397 g/mol. The molecule has 148 valence electrons. The highest BCUT2D eigenvalue weighted by Gasteiger charge is 2.28. The molecule has 0 bridgehead atoms. The van der Waals surface area contributed by atoms with Crippen LogP contribution in [0.5, 0.6) is 0 Å². The van der Waals surface area contributed by atoms with Crippen LogP contribution < -0.4 is 10.6 Å². The Hall–Kier alpha value is -3.62. The topological polar surface area (TPSA) is 99.8 Å². The zero-order valence-electron chi connectivity index (χ0n) is 15.2. The number of nitrogens with zero attached hydrogens (tertiary/aromatic N) is 2. The molecule has 3 aromatic rings. The number of hydrogen-bond donors (Lipinski definition) is 3. The molecule has 0 saturated heterocycles. The van der Waals surface area contributed by atoms with Crippen LogP contribution >= 0.6 is 0 Å². The van der Waals surface area contributed by atoms with E-state index in [9.17, 15) is 18.4 Å². The molecule has 2 amide bonds. The molecule has 0 fully saturated rings. The lowest BCUT2D eigenvalue weighted by atomic mass is 10.1. The van der Waals surface area contributed by atoms with E-state index in [2.05, 4.69) is 25.8 Å². The SMILES string of the molecule is O=C(N[C@@H]1CCc2cc(F)cc(F)c2NC1=O)c1nnc(Cc2ccccc2)[nH]1. The standard InChI is InChI=1S/C20H17F2N5O2/c21-13-9-12-6-7-15(19(28)25-17(12)14(22)10-13)23-20(29)18-24-16(26-27-18)8-11-4-2-1-3-5-11/h1-5,9-10,15H,6-8H2,(H,23,29)(H,25,28)(H,24,26,27)/t15-/m1/s1. The van der Waals surface area contributed by atoms with E-state index < -0.39 is 29.5 Å². The van der Waals surface area contributed by atoms with E-state index in [1.807, 2.05) is 30.3 Å². The number of aryl methyl sites for hydroxylation is 1. The lowest BCUT2D eigenvalue weighted by molar-refractivity contribution is -0.118. The minimum Gasteiger partial charge on any atom is -0.337 e. The molecule has 9 heteroatoms. The number of aromatic amines is 1. The third kappa shape index (κ3) is 4.13. The summed E-state index contributed by atoms with van der Waals surface area (Å²) < 4.78 is 27.4. The molecule has 0 saturated carbocycles. The van der Waals surface area contributed by atoms with Gasteiger partial charge in [0, 0.05) is 12.5 Å². The lowest BCUT2D eigenvalue weighted by Gasteiger charge is -2.14. The van der Waals surface area contributed by atoms with Gasteiger partial charge in [0.2, 0.25) is 11.7 Å². The number of H-pyrrole nitrogens is 1. The molecule has 1 atom stereocenters. The predicted molar refractivity (Wildman–Crippen MR) is 100 cm³/mol. The Morgan fingerprint density at radius 3 is 2.76 bits per heavy atom. The van der Waals surface area contributed by atoms with Gasteiger partial charge in [-0.2, -0.15) is 0 Å². The Balaban J connectivity index is 1.44. The van der Waals surface area contributed by atoms with Crippen molar-refractivity contribution in [2.24, 2.45) is 0 Å². The molecule has 3 N–H and O–H groups in total. The maximum absolute atomic E-state index is 14.0. The molecule has 0 unspecified atom stereocenters. The summed E-state index contributed by atoms with van der Waals surface area (Å²) in [7, 11) is 0. The maximum Gasteiger partial charge on any atom is 0.289 e. The van der Waals surface area contributed by atoms with Crippen molar-refractivity contribution in [2.75, 3.05) is 5.32 Å². The smallest absolute Gasteiger partial charge is 0.289 e. The van der Waals surface area contributed by atoms with E-state index in [1.54, 1.807) is 0 Å². The molecule has 2 heterocycles. The molecule has 0 aliphatic carbocycles. The normalized spacial score (nSPS) is 15.9. The van der Waals surface area contributed by atoms with Gasteiger partial charge in [0.05, 0.1) is 5.69 Å². The highest BCUT2D eigenvalue weighted by atomic mass is 19.1. The summed E-state index contributed by atoms with van der Waals surface area (Å²) in [5, 5.41) is 12.8. The zero-order valence-corrected chi connectivity index (χ0v) is 15.2. The molecule has 7 nitrogen and oxygen atoms in total. The van der Waals surface area contributed by atoms with Crippen molar-refractivity contribution in [3.63, 3.8) is 0 Å². The maximum atomic E-state index is 14.0. The minimum atomic E-state index is -0.917. The number of fused-ring (bicyclic) bond motifs is 1. The van der Waals surface area contributed by atoms with Crippen molar-refractivity contribution in [3.8, 4) is 0 Å². The number of benzene rings is 2. The Labute approximate surface area is 164 Å². The Morgan fingerprint density at radius 2 is 1.97 bits per heavy atom. The summed E-state index contributed by atoms with van der Waals surface area (Å²) in [6, 6.07) is 10.5. The van der Waals surface area contributed by atoms with Crippen LogP contribution in [0.25, 0.3) is 0 Å². The average Bonchev–Trinajstić information content (AvgIpc) is 3.10. The van der Waals surface area contributed by atoms with Crippen LogP contribution in [-0.4, -0.2) is 33.0 Å². The second-order valence-corrected chi connectivity index (χ2v) is 6.76. The number of hydrogen-bond acceptors (Lipinski definition) is 4. The van der Waals surface area contributed by atoms with Crippen molar-refractivity contribution >= 4 is 17.5 Å². The molecule has 2 aromatic carbocycles. The van der Waals surface area contributed by atoms with Gasteiger partial charge in [0.15, 0.2) is 0 Å². The van der Waals surface area contributed by atoms with Crippen molar-refractivity contribution in [3.05, 3.63) is 76.9 Å². The quantitative estimate of drug-likeness (QED) is 0.629. The molecule has 1 aliphatic heterocycles. The molecule has 1 aliphatic rings. The van der Waals surface area contributed by atoms with E-state index in [0.29, 0.717) is 23.9 Å². The summed E-state index contributed by atoms with van der Waals surface area (Å²) in [6.45, 7) is 0. The number of nitrogens with one attached hydrogen (secondary N) is 3. The number of carbonyl (C=O) groups is 2. The fourth-order valence-corrected chi connectivity index (χ4v) is 3.24. The van der Waals surface area contributed by atoms with Crippen LogP contribution in [-0.2, 0) is 17.6 Å². The Kier molecular flexibility index (Phi) is 5.03. The van der Waals surface area contributed by atoms with Gasteiger partial charge in [-0.15, -0.1) is 10.2 Å². The zero-order chi connectivity index (χ0) is 20.4. The summed E-state index contributed by atoms with van der Waals surface area (Å²) in [5.41, 5.74) is 1.29. The molecule has 4 rings (SSSR count). The van der Waals surface area contributed by atoms with Crippen molar-refractivity contribution < 1.29 is 18.4 Å². The number of rotatable bonds is 4. The van der Waals surface area contributed by atoms with Gasteiger partial charge < -0.3 is 15.6 Å². The van der Waals surface area contributed by atoms with E-state index in [0.717, 1.165) is 5.56 Å². The summed E-state index contributed by atoms with van der Waals surface area (Å²) in [6.07, 6.45) is 0.896. The van der Waals surface area contributed by atoms with Gasteiger partial charge in [-0.05, 0) is 30.0 Å². The molecule has 0 radical (unpaired) electrons. The first-order chi connectivity index (χ1) is 14.0. The van der Waals surface area contributed by atoms with Gasteiger partial charge in [-0.1, -0.05) is 30.3 Å². The number of carbonyl (C=O) groups excluding carboxylic acids is 2. The van der Waals surface area contributed by atoms with Crippen molar-refractivity contribution in [1.82, 2.24) is 20.5 Å². The summed E-state index contributed by atoms with van der Waals surface area (Å²) >= 11 is 0. The van der Waals surface area contributed by atoms with Crippen molar-refractivity contribution in [2.45, 2.75) is 25.3 Å². The van der Waals surface area contributed by atoms with Gasteiger partial charge >= 0.3 is 0 Å². The van der Waals surface area contributed by atoms with Crippen molar-refractivity contribution in [1.29, 1.82) is 0 Å². The Morgan fingerprint density at radius 1 is 1.17 bits per heavy atom. The number of aromatic nitrogens is 3.